The van der Waals surface area contributed by atoms with Crippen LogP contribution >= 0.6 is 0 Å². The van der Waals surface area contributed by atoms with Crippen molar-refractivity contribution in [3.05, 3.63) is 90.2 Å². The van der Waals surface area contributed by atoms with Gasteiger partial charge in [0.05, 0.1) is 10.5 Å². The molecule has 30 heavy (non-hydrogen) atoms. The fourth-order valence-corrected chi connectivity index (χ4v) is 3.53. The second-order valence-electron chi connectivity index (χ2n) is 6.13. The molecule has 0 aliphatic rings. The number of esters is 1. The van der Waals surface area contributed by atoms with Gasteiger partial charge in [-0.2, -0.15) is 0 Å². The van der Waals surface area contributed by atoms with Crippen LogP contribution in [-0.4, -0.2) is 26.9 Å². The van der Waals surface area contributed by atoms with Crippen LogP contribution < -0.4 is 10.0 Å². The van der Waals surface area contributed by atoms with Gasteiger partial charge in [-0.05, 0) is 54.6 Å². The third-order valence-electron chi connectivity index (χ3n) is 3.87. The van der Waals surface area contributed by atoms with Crippen molar-refractivity contribution >= 4 is 33.3 Å². The first kappa shape index (κ1) is 21.0. The highest BCUT2D eigenvalue weighted by Gasteiger charge is 2.16. The first-order valence-electron chi connectivity index (χ1n) is 8.74. The Labute approximate surface area is 172 Å². The van der Waals surface area contributed by atoms with Crippen LogP contribution in [0.25, 0.3) is 0 Å². The Morgan fingerprint density at radius 2 is 1.53 bits per heavy atom. The van der Waals surface area contributed by atoms with E-state index in [0.29, 0.717) is 5.69 Å². The van der Waals surface area contributed by atoms with Crippen LogP contribution in [0.2, 0.25) is 0 Å². The van der Waals surface area contributed by atoms with E-state index in [1.165, 1.54) is 42.5 Å². The minimum absolute atomic E-state index is 0.0354. The van der Waals surface area contributed by atoms with Crippen molar-refractivity contribution in [3.8, 4) is 0 Å². The number of rotatable bonds is 7. The van der Waals surface area contributed by atoms with Gasteiger partial charge in [0, 0.05) is 11.4 Å². The largest absolute Gasteiger partial charge is 0.452 e. The van der Waals surface area contributed by atoms with Gasteiger partial charge in [0.1, 0.15) is 5.82 Å². The number of amides is 1. The lowest BCUT2D eigenvalue weighted by Gasteiger charge is -2.09. The van der Waals surface area contributed by atoms with Crippen molar-refractivity contribution in [2.75, 3.05) is 16.6 Å². The molecule has 0 aliphatic carbocycles. The predicted octanol–water partition coefficient (Wildman–Crippen LogP) is 3.42. The minimum Gasteiger partial charge on any atom is -0.452 e. The summed E-state index contributed by atoms with van der Waals surface area (Å²) in [5.74, 6) is -1.95. The fourth-order valence-electron chi connectivity index (χ4n) is 2.47. The van der Waals surface area contributed by atoms with E-state index in [2.05, 4.69) is 10.0 Å². The summed E-state index contributed by atoms with van der Waals surface area (Å²) in [6.07, 6.45) is 0. The highest BCUT2D eigenvalue weighted by molar-refractivity contribution is 7.92. The molecule has 0 saturated heterocycles. The number of hydrogen-bond acceptors (Lipinski definition) is 5. The molecule has 3 rings (SSSR count). The first-order valence-corrected chi connectivity index (χ1v) is 10.2. The van der Waals surface area contributed by atoms with Crippen LogP contribution in [0.15, 0.2) is 83.8 Å². The maximum absolute atomic E-state index is 13.1. The van der Waals surface area contributed by atoms with E-state index in [4.69, 9.17) is 4.74 Å². The molecule has 0 fully saturated rings. The van der Waals surface area contributed by atoms with E-state index in [1.54, 1.807) is 30.3 Å². The molecule has 0 atom stereocenters. The summed E-state index contributed by atoms with van der Waals surface area (Å²) < 4.78 is 45.2. The summed E-state index contributed by atoms with van der Waals surface area (Å²) in [6.45, 7) is -0.578. The van der Waals surface area contributed by atoms with E-state index in [-0.39, 0.29) is 16.1 Å². The Kier molecular flexibility index (Phi) is 6.43. The zero-order chi connectivity index (χ0) is 21.6. The number of ether oxygens (including phenoxy) is 1. The Morgan fingerprint density at radius 3 is 2.20 bits per heavy atom. The Balaban J connectivity index is 1.57. The number of para-hydroxylation sites is 1. The number of sulfonamides is 1. The Morgan fingerprint density at radius 1 is 0.867 bits per heavy atom. The second kappa shape index (κ2) is 9.19. The summed E-state index contributed by atoms with van der Waals surface area (Å²) in [7, 11) is -3.82. The number of nitrogens with one attached hydrogen (secondary N) is 2. The van der Waals surface area contributed by atoms with E-state index in [1.807, 2.05) is 0 Å². The lowest BCUT2D eigenvalue weighted by atomic mass is 10.2. The molecular weight excluding hydrogens is 411 g/mol. The van der Waals surface area contributed by atoms with Crippen molar-refractivity contribution in [1.82, 2.24) is 0 Å². The van der Waals surface area contributed by atoms with Crippen LogP contribution in [0.4, 0.5) is 15.8 Å². The highest BCUT2D eigenvalue weighted by Crippen LogP contribution is 2.17. The number of anilines is 2. The van der Waals surface area contributed by atoms with Crippen LogP contribution in [-0.2, 0) is 19.6 Å². The zero-order valence-electron chi connectivity index (χ0n) is 15.5. The number of hydrogen-bond donors (Lipinski definition) is 2. The molecule has 0 aliphatic heterocycles. The summed E-state index contributed by atoms with van der Waals surface area (Å²) in [5, 5.41) is 2.40. The average molecular weight is 428 g/mol. The lowest BCUT2D eigenvalue weighted by Crippen LogP contribution is -2.21. The third kappa shape index (κ3) is 5.65. The number of benzene rings is 3. The van der Waals surface area contributed by atoms with Crippen molar-refractivity contribution in [1.29, 1.82) is 0 Å². The minimum atomic E-state index is -3.82. The van der Waals surface area contributed by atoms with Gasteiger partial charge < -0.3 is 10.1 Å². The van der Waals surface area contributed by atoms with Crippen molar-refractivity contribution < 1.29 is 27.1 Å². The molecule has 0 spiro atoms. The van der Waals surface area contributed by atoms with Gasteiger partial charge in [-0.1, -0.05) is 24.3 Å². The fraction of sp³-hybridized carbons (Fsp3) is 0.0476. The summed E-state index contributed by atoms with van der Waals surface area (Å²) >= 11 is 0. The Hall–Kier alpha value is -3.72. The molecule has 0 radical (unpaired) electrons. The first-order chi connectivity index (χ1) is 14.3. The van der Waals surface area contributed by atoms with Gasteiger partial charge in [-0.25, -0.2) is 17.6 Å². The molecule has 0 saturated carbocycles. The molecular formula is C21H17FN2O5S. The molecule has 0 bridgehead atoms. The quantitative estimate of drug-likeness (QED) is 0.562. The smallest absolute Gasteiger partial charge is 0.338 e. The standard InChI is InChI=1S/C21H17FN2O5S/c22-16-5-4-8-18(13-16)23-20(25)14-29-21(26)15-9-11-19(12-10-15)30(27,28)24-17-6-2-1-3-7-17/h1-13,24H,14H2,(H,23,25). The zero-order valence-corrected chi connectivity index (χ0v) is 16.4. The molecule has 2 N–H and O–H groups in total. The number of halogens is 1. The van der Waals surface area contributed by atoms with E-state index < -0.39 is 34.3 Å². The van der Waals surface area contributed by atoms with Gasteiger partial charge in [0.25, 0.3) is 15.9 Å². The highest BCUT2D eigenvalue weighted by atomic mass is 32.2. The van der Waals surface area contributed by atoms with Gasteiger partial charge in [0.2, 0.25) is 0 Å². The van der Waals surface area contributed by atoms with Crippen LogP contribution in [0, 0.1) is 5.82 Å². The molecule has 0 unspecified atom stereocenters. The topological polar surface area (TPSA) is 102 Å². The van der Waals surface area contributed by atoms with Gasteiger partial charge >= 0.3 is 5.97 Å². The summed E-state index contributed by atoms with van der Waals surface area (Å²) in [4.78, 5) is 23.9. The van der Waals surface area contributed by atoms with Crippen LogP contribution in [0.5, 0.6) is 0 Å². The third-order valence-corrected chi connectivity index (χ3v) is 5.27. The maximum atomic E-state index is 13.1. The number of carbonyl (C=O) groups is 2. The molecule has 154 valence electrons. The predicted molar refractivity (Wildman–Crippen MR) is 109 cm³/mol. The van der Waals surface area contributed by atoms with Crippen molar-refractivity contribution in [2.24, 2.45) is 0 Å². The maximum Gasteiger partial charge on any atom is 0.338 e. The molecule has 7 nitrogen and oxygen atoms in total. The van der Waals surface area contributed by atoms with Crippen molar-refractivity contribution in [3.63, 3.8) is 0 Å². The number of carbonyl (C=O) groups excluding carboxylic acids is 2. The summed E-state index contributed by atoms with van der Waals surface area (Å²) in [5.41, 5.74) is 0.717. The normalized spacial score (nSPS) is 10.8. The van der Waals surface area contributed by atoms with E-state index in [9.17, 15) is 22.4 Å². The SMILES string of the molecule is O=C(COC(=O)c1ccc(S(=O)(=O)Nc2ccccc2)cc1)Nc1cccc(F)c1. The van der Waals surface area contributed by atoms with Crippen LogP contribution in [0.1, 0.15) is 10.4 Å². The average Bonchev–Trinajstić information content (AvgIpc) is 2.72. The van der Waals surface area contributed by atoms with Gasteiger partial charge in [0.15, 0.2) is 6.61 Å². The molecule has 0 aromatic heterocycles. The second-order valence-corrected chi connectivity index (χ2v) is 7.81. The molecule has 9 heteroatoms. The van der Waals surface area contributed by atoms with Gasteiger partial charge in [-0.3, -0.25) is 9.52 Å². The van der Waals surface area contributed by atoms with Crippen molar-refractivity contribution in [2.45, 2.75) is 4.90 Å². The van der Waals surface area contributed by atoms with E-state index in [0.717, 1.165) is 6.07 Å². The molecule has 0 heterocycles. The summed E-state index contributed by atoms with van der Waals surface area (Å²) in [6, 6.07) is 18.7. The van der Waals surface area contributed by atoms with Crippen LogP contribution in [0.3, 0.4) is 0 Å². The Bertz CT molecular complexity index is 1150. The van der Waals surface area contributed by atoms with Gasteiger partial charge in [-0.15, -0.1) is 0 Å². The lowest BCUT2D eigenvalue weighted by molar-refractivity contribution is -0.119. The molecule has 3 aromatic rings. The molecule has 1 amide bonds. The monoisotopic (exact) mass is 428 g/mol. The van der Waals surface area contributed by atoms with E-state index >= 15 is 0 Å². The molecule has 3 aromatic carbocycles.